The molecule has 9 heteroatoms. The minimum atomic E-state index is -0.704. The molecule has 2 heterocycles. The predicted molar refractivity (Wildman–Crippen MR) is 120 cm³/mol. The molecule has 0 unspecified atom stereocenters. The van der Waals surface area contributed by atoms with Gasteiger partial charge in [-0.25, -0.2) is 14.3 Å². The minimum Gasteiger partial charge on any atom is -0.423 e. The third-order valence-electron chi connectivity index (χ3n) is 5.03. The zero-order chi connectivity index (χ0) is 22.5. The van der Waals surface area contributed by atoms with Gasteiger partial charge in [0, 0.05) is 24.2 Å². The van der Waals surface area contributed by atoms with Gasteiger partial charge in [0.1, 0.15) is 6.92 Å². The number of aryl methyl sites for hydroxylation is 2. The van der Waals surface area contributed by atoms with Gasteiger partial charge < -0.3 is 9.30 Å². The van der Waals surface area contributed by atoms with Gasteiger partial charge >= 0.3 is 11.7 Å². The Morgan fingerprint density at radius 3 is 2.68 bits per heavy atom. The number of nitrogens with zero attached hydrogens (tertiary/aromatic N) is 4. The van der Waals surface area contributed by atoms with E-state index < -0.39 is 11.2 Å². The van der Waals surface area contributed by atoms with Gasteiger partial charge in [-0.2, -0.15) is 4.98 Å². The lowest BCUT2D eigenvalue weighted by Gasteiger charge is -2.18. The first kappa shape index (κ1) is 22.6. The summed E-state index contributed by atoms with van der Waals surface area (Å²) in [4.78, 5) is 45.0. The van der Waals surface area contributed by atoms with Crippen molar-refractivity contribution in [3.05, 3.63) is 57.1 Å². The quantitative estimate of drug-likeness (QED) is 0.217. The smallest absolute Gasteiger partial charge is 0.356 e. The summed E-state index contributed by atoms with van der Waals surface area (Å²) in [5.74, 6) is -0.0225. The van der Waals surface area contributed by atoms with Crippen LogP contribution in [0.5, 0.6) is 0 Å². The summed E-state index contributed by atoms with van der Waals surface area (Å²) in [6.07, 6.45) is 4.68. The highest BCUT2D eigenvalue weighted by Crippen LogP contribution is 2.27. The van der Waals surface area contributed by atoms with E-state index in [4.69, 9.17) is 16.3 Å². The second-order valence-corrected chi connectivity index (χ2v) is 7.57. The van der Waals surface area contributed by atoms with Crippen LogP contribution in [-0.4, -0.2) is 31.7 Å². The van der Waals surface area contributed by atoms with Crippen LogP contribution >= 0.6 is 11.6 Å². The molecule has 0 atom stereocenters. The summed E-state index contributed by atoms with van der Waals surface area (Å²) in [7, 11) is 0. The number of aromatic nitrogens is 4. The third kappa shape index (κ3) is 4.80. The summed E-state index contributed by atoms with van der Waals surface area (Å²) < 4.78 is 7.49. The van der Waals surface area contributed by atoms with E-state index in [0.29, 0.717) is 29.0 Å². The minimum absolute atomic E-state index is 0.102. The topological polar surface area (TPSA) is 96.1 Å². The van der Waals surface area contributed by atoms with Crippen LogP contribution in [0.1, 0.15) is 37.7 Å². The number of ether oxygens (including phenoxy) is 1. The number of benzene rings is 1. The van der Waals surface area contributed by atoms with Crippen LogP contribution in [0.25, 0.3) is 28.8 Å². The van der Waals surface area contributed by atoms with E-state index in [1.54, 1.807) is 6.07 Å². The lowest BCUT2D eigenvalue weighted by molar-refractivity contribution is -0.142. The van der Waals surface area contributed by atoms with Crippen molar-refractivity contribution in [1.82, 2.24) is 19.1 Å². The van der Waals surface area contributed by atoms with Gasteiger partial charge in [0.15, 0.2) is 11.5 Å². The average molecular weight is 444 g/mol. The highest BCUT2D eigenvalue weighted by atomic mass is 35.5. The van der Waals surface area contributed by atoms with E-state index >= 15 is 0 Å². The lowest BCUT2D eigenvalue weighted by atomic mass is 10.1. The molecule has 0 aromatic heterocycles. The molecule has 1 aromatic rings. The van der Waals surface area contributed by atoms with Gasteiger partial charge in [-0.05, 0) is 37.5 Å². The van der Waals surface area contributed by atoms with Crippen LogP contribution < -0.4 is 11.2 Å². The Kier molecular flexibility index (Phi) is 7.12. The van der Waals surface area contributed by atoms with E-state index in [1.165, 1.54) is 0 Å². The molecule has 2 aliphatic heterocycles. The average Bonchev–Trinajstić information content (AvgIpc) is 2.72. The van der Waals surface area contributed by atoms with Crippen molar-refractivity contribution in [3.8, 4) is 11.5 Å². The monoisotopic (exact) mass is 443 g/mol. The van der Waals surface area contributed by atoms with Crippen LogP contribution in [0.2, 0.25) is 5.02 Å². The van der Waals surface area contributed by atoms with Crippen molar-refractivity contribution in [2.75, 3.05) is 6.61 Å². The molecule has 0 N–H and O–H groups in total. The Labute approximate surface area is 184 Å². The lowest BCUT2D eigenvalue weighted by Crippen LogP contribution is -2.35. The second-order valence-electron chi connectivity index (χ2n) is 7.16. The number of carbonyl (C=O) groups excluding carboxylic acids is 1. The molecule has 1 aromatic carbocycles. The third-order valence-corrected chi connectivity index (χ3v) is 5.44. The van der Waals surface area contributed by atoms with Gasteiger partial charge in [-0.3, -0.25) is 9.59 Å². The van der Waals surface area contributed by atoms with Crippen molar-refractivity contribution >= 4 is 34.8 Å². The molecular formula is C22H24ClN4O4+. The first-order valence-electron chi connectivity index (χ1n) is 10.1. The highest BCUT2D eigenvalue weighted by Gasteiger charge is 2.21. The molecule has 0 amide bonds. The van der Waals surface area contributed by atoms with Crippen molar-refractivity contribution in [3.63, 3.8) is 0 Å². The predicted octanol–water partition coefficient (Wildman–Crippen LogP) is 3.45. The molecule has 0 fully saturated rings. The van der Waals surface area contributed by atoms with Gasteiger partial charge in [0.2, 0.25) is 6.61 Å². The largest absolute Gasteiger partial charge is 0.423 e. The molecule has 162 valence electrons. The van der Waals surface area contributed by atoms with Crippen molar-refractivity contribution in [2.24, 2.45) is 0 Å². The fraction of sp³-hybridized carbons (Fsp3) is 0.364. The maximum absolute atomic E-state index is 12.8. The van der Waals surface area contributed by atoms with E-state index in [-0.39, 0.29) is 24.1 Å². The zero-order valence-corrected chi connectivity index (χ0v) is 18.2. The number of rotatable bonds is 9. The molecule has 0 saturated carbocycles. The standard InChI is InChI=1S/C22H24ClN4O4/c1-4-26-21(29)19-20(25-22(26)30)27(11-9-7-6-8-10-18(28)31-5-2)17-13-15(23)14(3)12-16(17)24-19/h4,12-13H,1-2,5-11H2,3H3/q+1. The number of hydrogen-bond donors (Lipinski definition) is 0. The van der Waals surface area contributed by atoms with E-state index in [1.807, 2.05) is 17.6 Å². The summed E-state index contributed by atoms with van der Waals surface area (Å²) >= 11 is 6.33. The van der Waals surface area contributed by atoms with Gasteiger partial charge in [-0.1, -0.05) is 31.0 Å². The van der Waals surface area contributed by atoms with Crippen molar-refractivity contribution in [2.45, 2.75) is 45.6 Å². The zero-order valence-electron chi connectivity index (χ0n) is 17.4. The molecule has 8 nitrogen and oxygen atoms in total. The number of unbranched alkanes of at least 4 members (excludes halogenated alkanes) is 3. The summed E-state index contributed by atoms with van der Waals surface area (Å²) in [5, 5.41) is 0.563. The molecule has 31 heavy (non-hydrogen) atoms. The van der Waals surface area contributed by atoms with Gasteiger partial charge in [0.05, 0.1) is 11.0 Å². The van der Waals surface area contributed by atoms with Crippen LogP contribution in [0.4, 0.5) is 0 Å². The molecule has 3 rings (SSSR count). The van der Waals surface area contributed by atoms with E-state index in [0.717, 1.165) is 42.0 Å². The number of carbonyl (C=O) groups is 1. The molecule has 0 bridgehead atoms. The Balaban J connectivity index is 1.93. The molecule has 2 aliphatic rings. The normalized spacial score (nSPS) is 11.2. The summed E-state index contributed by atoms with van der Waals surface area (Å²) in [6.45, 7) is 9.51. The van der Waals surface area contributed by atoms with Gasteiger partial charge in [0.25, 0.3) is 5.56 Å². The highest BCUT2D eigenvalue weighted by molar-refractivity contribution is 6.32. The van der Waals surface area contributed by atoms with E-state index in [9.17, 15) is 14.4 Å². The Morgan fingerprint density at radius 1 is 1.23 bits per heavy atom. The van der Waals surface area contributed by atoms with Crippen molar-refractivity contribution in [1.29, 1.82) is 0 Å². The molecule has 0 spiro atoms. The summed E-state index contributed by atoms with van der Waals surface area (Å²) in [5.41, 5.74) is 0.966. The SMILES string of the molecule is C=Cn1c(=O)nc2n(CCCCCCC(=O)OC[CH2+])c3cc(Cl)c(C)cc3nc-2c1=O. The number of fused-ring (bicyclic) bond motifs is 2. The molecule has 0 radical (unpaired) electrons. The Bertz CT molecular complexity index is 1210. The number of halogens is 1. The number of hydrogen-bond acceptors (Lipinski definition) is 6. The maximum Gasteiger partial charge on any atom is 0.356 e. The Hall–Kier alpha value is -3.13. The van der Waals surface area contributed by atoms with Crippen LogP contribution in [0.3, 0.4) is 0 Å². The fourth-order valence-electron chi connectivity index (χ4n) is 3.44. The molecule has 0 aliphatic carbocycles. The second kappa shape index (κ2) is 9.78. The van der Waals surface area contributed by atoms with Crippen molar-refractivity contribution < 1.29 is 9.53 Å². The van der Waals surface area contributed by atoms with Gasteiger partial charge in [-0.15, -0.1) is 0 Å². The maximum atomic E-state index is 12.8. The van der Waals surface area contributed by atoms with Crippen LogP contribution in [0, 0.1) is 13.8 Å². The van der Waals surface area contributed by atoms with Crippen LogP contribution in [0.15, 0.2) is 28.3 Å². The number of esters is 1. The molecular weight excluding hydrogens is 420 g/mol. The fourth-order valence-corrected chi connectivity index (χ4v) is 3.60. The Morgan fingerprint density at radius 2 is 1.97 bits per heavy atom. The first-order valence-corrected chi connectivity index (χ1v) is 10.5. The summed E-state index contributed by atoms with van der Waals surface area (Å²) in [6, 6.07) is 3.59. The first-order chi connectivity index (χ1) is 14.9. The van der Waals surface area contributed by atoms with Crippen LogP contribution in [-0.2, 0) is 16.1 Å². The molecule has 0 saturated heterocycles. The van der Waals surface area contributed by atoms with E-state index in [2.05, 4.69) is 23.5 Å².